The van der Waals surface area contributed by atoms with E-state index >= 15 is 0 Å². The molecule has 1 aliphatic carbocycles. The fourth-order valence-corrected chi connectivity index (χ4v) is 3.27. The molecule has 102 valence electrons. The highest BCUT2D eigenvalue weighted by Gasteiger charge is 2.24. The van der Waals surface area contributed by atoms with Gasteiger partial charge in [-0.25, -0.2) is 5.84 Å². The van der Waals surface area contributed by atoms with Crippen molar-refractivity contribution >= 4 is 16.5 Å². The molecule has 0 radical (unpaired) electrons. The van der Waals surface area contributed by atoms with E-state index in [2.05, 4.69) is 33.9 Å². The number of nitrogens with two attached hydrogens (primary N) is 1. The fraction of sp³-hybridized carbons (Fsp3) is 0.833. The van der Waals surface area contributed by atoms with Crippen LogP contribution in [0.25, 0.3) is 0 Å². The highest BCUT2D eigenvalue weighted by molar-refractivity contribution is 7.10. The molecule has 0 bridgehead atoms. The first-order chi connectivity index (χ1) is 8.74. The number of nitrogens with one attached hydrogen (secondary N) is 1. The van der Waals surface area contributed by atoms with Gasteiger partial charge in [0.1, 0.15) is 10.7 Å². The van der Waals surface area contributed by atoms with E-state index in [0.29, 0.717) is 6.04 Å². The van der Waals surface area contributed by atoms with Crippen LogP contribution >= 0.6 is 11.5 Å². The molecule has 5 nitrogen and oxygen atoms in total. The number of hydrogen-bond donors (Lipinski definition) is 2. The van der Waals surface area contributed by atoms with Gasteiger partial charge in [0.05, 0.1) is 0 Å². The van der Waals surface area contributed by atoms with E-state index < -0.39 is 0 Å². The molecule has 1 aliphatic rings. The first-order valence-electron chi connectivity index (χ1n) is 6.72. The Kier molecular flexibility index (Phi) is 4.91. The van der Waals surface area contributed by atoms with Crippen molar-refractivity contribution in [2.75, 3.05) is 12.5 Å². The second kappa shape index (κ2) is 6.45. The number of rotatable bonds is 5. The van der Waals surface area contributed by atoms with Crippen molar-refractivity contribution in [2.45, 2.75) is 51.6 Å². The standard InChI is InChI=1S/C12H23N5S/c1-3-9-4-6-10(7-5-9)17(2)8-11-12(14-13)18-16-15-11/h9-10,14H,3-8,13H2,1-2H3. The van der Waals surface area contributed by atoms with Crippen molar-refractivity contribution in [1.29, 1.82) is 0 Å². The summed E-state index contributed by atoms with van der Waals surface area (Å²) in [5.74, 6) is 6.39. The van der Waals surface area contributed by atoms with Crippen LogP contribution in [0.15, 0.2) is 0 Å². The van der Waals surface area contributed by atoms with E-state index in [1.165, 1.54) is 43.6 Å². The van der Waals surface area contributed by atoms with Crippen LogP contribution in [0.3, 0.4) is 0 Å². The topological polar surface area (TPSA) is 67.1 Å². The van der Waals surface area contributed by atoms with E-state index in [0.717, 1.165) is 23.2 Å². The number of aromatic nitrogens is 2. The number of nitrogen functional groups attached to an aromatic ring is 1. The maximum Gasteiger partial charge on any atom is 0.148 e. The average Bonchev–Trinajstić information content (AvgIpc) is 2.86. The molecule has 0 spiro atoms. The van der Waals surface area contributed by atoms with Crippen molar-refractivity contribution in [3.63, 3.8) is 0 Å². The molecule has 1 aromatic heterocycles. The number of anilines is 1. The summed E-state index contributed by atoms with van der Waals surface area (Å²) in [4.78, 5) is 2.39. The summed E-state index contributed by atoms with van der Waals surface area (Å²) in [7, 11) is 2.18. The van der Waals surface area contributed by atoms with E-state index in [1.807, 2.05) is 0 Å². The van der Waals surface area contributed by atoms with Crippen LogP contribution in [0.2, 0.25) is 0 Å². The zero-order valence-corrected chi connectivity index (χ0v) is 12.0. The summed E-state index contributed by atoms with van der Waals surface area (Å²) in [6.07, 6.45) is 6.66. The molecule has 0 saturated heterocycles. The van der Waals surface area contributed by atoms with Crippen molar-refractivity contribution in [2.24, 2.45) is 11.8 Å². The molecule has 0 amide bonds. The Labute approximate surface area is 113 Å². The molecule has 0 aromatic carbocycles. The Morgan fingerprint density at radius 1 is 1.39 bits per heavy atom. The van der Waals surface area contributed by atoms with Gasteiger partial charge >= 0.3 is 0 Å². The molecule has 18 heavy (non-hydrogen) atoms. The van der Waals surface area contributed by atoms with Crippen LogP contribution in [0, 0.1) is 5.92 Å². The molecule has 1 fully saturated rings. The monoisotopic (exact) mass is 269 g/mol. The van der Waals surface area contributed by atoms with Gasteiger partial charge in [0, 0.05) is 24.1 Å². The summed E-state index contributed by atoms with van der Waals surface area (Å²) in [5, 5.41) is 5.02. The molecule has 0 aliphatic heterocycles. The summed E-state index contributed by atoms with van der Waals surface area (Å²) in [5.41, 5.74) is 3.63. The van der Waals surface area contributed by atoms with Crippen molar-refractivity contribution in [3.05, 3.63) is 5.69 Å². The number of nitrogens with zero attached hydrogens (tertiary/aromatic N) is 3. The van der Waals surface area contributed by atoms with E-state index in [4.69, 9.17) is 5.84 Å². The molecule has 0 atom stereocenters. The Balaban J connectivity index is 1.87. The minimum atomic E-state index is 0.681. The van der Waals surface area contributed by atoms with Gasteiger partial charge in [-0.3, -0.25) is 4.90 Å². The first kappa shape index (κ1) is 13.7. The lowest BCUT2D eigenvalue weighted by Gasteiger charge is -2.34. The normalized spacial score (nSPS) is 24.4. The molecule has 2 rings (SSSR count). The molecular formula is C12H23N5S. The third-order valence-corrected chi connectivity index (χ3v) is 4.80. The second-order valence-electron chi connectivity index (χ2n) is 5.19. The SMILES string of the molecule is CCC1CCC(N(C)Cc2nnsc2NN)CC1. The minimum Gasteiger partial charge on any atom is -0.313 e. The molecule has 3 N–H and O–H groups in total. The Hall–Kier alpha value is -0.720. The predicted molar refractivity (Wildman–Crippen MR) is 75.2 cm³/mol. The van der Waals surface area contributed by atoms with Crippen molar-refractivity contribution in [3.8, 4) is 0 Å². The zero-order valence-electron chi connectivity index (χ0n) is 11.2. The van der Waals surface area contributed by atoms with E-state index in [-0.39, 0.29) is 0 Å². The van der Waals surface area contributed by atoms with Crippen LogP contribution in [-0.4, -0.2) is 27.6 Å². The van der Waals surface area contributed by atoms with Gasteiger partial charge in [-0.2, -0.15) is 0 Å². The third-order valence-electron chi connectivity index (χ3n) is 4.10. The smallest absolute Gasteiger partial charge is 0.148 e. The second-order valence-corrected chi connectivity index (χ2v) is 5.95. The molecular weight excluding hydrogens is 246 g/mol. The van der Waals surface area contributed by atoms with Gasteiger partial charge in [0.25, 0.3) is 0 Å². The van der Waals surface area contributed by atoms with Gasteiger partial charge in [-0.05, 0) is 38.6 Å². The highest BCUT2D eigenvalue weighted by atomic mass is 32.1. The van der Waals surface area contributed by atoms with E-state index in [9.17, 15) is 0 Å². The number of hydrazine groups is 1. The summed E-state index contributed by atoms with van der Waals surface area (Å²) in [6.45, 7) is 3.13. The predicted octanol–water partition coefficient (Wildman–Crippen LogP) is 2.22. The number of hydrogen-bond acceptors (Lipinski definition) is 6. The first-order valence-corrected chi connectivity index (χ1v) is 7.50. The Bertz CT molecular complexity index is 359. The van der Waals surface area contributed by atoms with Gasteiger partial charge in [0.2, 0.25) is 0 Å². The Morgan fingerprint density at radius 2 is 2.11 bits per heavy atom. The van der Waals surface area contributed by atoms with Crippen LogP contribution < -0.4 is 11.3 Å². The van der Waals surface area contributed by atoms with Crippen molar-refractivity contribution in [1.82, 2.24) is 14.5 Å². The minimum absolute atomic E-state index is 0.681. The summed E-state index contributed by atoms with van der Waals surface area (Å²) in [6, 6.07) is 0.681. The van der Waals surface area contributed by atoms with Gasteiger partial charge < -0.3 is 5.43 Å². The summed E-state index contributed by atoms with van der Waals surface area (Å²) >= 11 is 1.32. The third kappa shape index (κ3) is 3.18. The summed E-state index contributed by atoms with van der Waals surface area (Å²) < 4.78 is 3.94. The molecule has 6 heteroatoms. The van der Waals surface area contributed by atoms with E-state index in [1.54, 1.807) is 0 Å². The molecule has 1 heterocycles. The van der Waals surface area contributed by atoms with Gasteiger partial charge in [-0.1, -0.05) is 17.8 Å². The highest BCUT2D eigenvalue weighted by Crippen LogP contribution is 2.30. The lowest BCUT2D eigenvalue weighted by Crippen LogP contribution is -2.35. The maximum absolute atomic E-state index is 5.45. The van der Waals surface area contributed by atoms with Crippen LogP contribution in [0.4, 0.5) is 5.00 Å². The molecule has 0 unspecified atom stereocenters. The van der Waals surface area contributed by atoms with Crippen LogP contribution in [0.5, 0.6) is 0 Å². The fourth-order valence-electron chi connectivity index (χ4n) is 2.78. The van der Waals surface area contributed by atoms with Gasteiger partial charge in [0.15, 0.2) is 0 Å². The lowest BCUT2D eigenvalue weighted by atomic mass is 9.84. The maximum atomic E-state index is 5.45. The quantitative estimate of drug-likeness (QED) is 0.634. The average molecular weight is 269 g/mol. The van der Waals surface area contributed by atoms with Crippen LogP contribution in [0.1, 0.15) is 44.7 Å². The molecule has 1 aromatic rings. The molecule has 1 saturated carbocycles. The van der Waals surface area contributed by atoms with Gasteiger partial charge in [-0.15, -0.1) is 5.10 Å². The van der Waals surface area contributed by atoms with Crippen LogP contribution in [-0.2, 0) is 6.54 Å². The Morgan fingerprint density at radius 3 is 2.72 bits per heavy atom. The lowest BCUT2D eigenvalue weighted by molar-refractivity contribution is 0.156. The zero-order chi connectivity index (χ0) is 13.0. The largest absolute Gasteiger partial charge is 0.313 e. The van der Waals surface area contributed by atoms with Crippen molar-refractivity contribution < 1.29 is 0 Å².